The Balaban J connectivity index is 1.09. The van der Waals surface area contributed by atoms with E-state index in [4.69, 9.17) is 9.47 Å². The molecule has 6 heteroatoms. The maximum Gasteiger partial charge on any atom is 0.231 e. The molecule has 1 fully saturated rings. The summed E-state index contributed by atoms with van der Waals surface area (Å²) in [5.74, 6) is 1.66. The van der Waals surface area contributed by atoms with Gasteiger partial charge in [-0.25, -0.2) is 0 Å². The second-order valence-electron chi connectivity index (χ2n) is 8.06. The molecule has 0 aliphatic carbocycles. The molecular formula is C24H31N3O3. The van der Waals surface area contributed by atoms with Crippen molar-refractivity contribution in [3.63, 3.8) is 0 Å². The fraction of sp³-hybridized carbons (Fsp3) is 0.458. The Hall–Kier alpha value is -2.73. The van der Waals surface area contributed by atoms with Crippen molar-refractivity contribution in [1.29, 1.82) is 0 Å². The minimum Gasteiger partial charge on any atom is -0.454 e. The van der Waals surface area contributed by atoms with E-state index in [1.165, 1.54) is 11.3 Å². The van der Waals surface area contributed by atoms with Crippen molar-refractivity contribution >= 4 is 11.6 Å². The lowest BCUT2D eigenvalue weighted by molar-refractivity contribution is -0.121. The van der Waals surface area contributed by atoms with Gasteiger partial charge in [-0.15, -0.1) is 0 Å². The standard InChI is InChI=1S/C24H31N3O3/c1-19-4-2-5-21(16-19)27-14-12-26(13-15-27)11-3-10-25-24(28)9-7-20-6-8-22-23(17-20)30-18-29-22/h2,4-6,8,16-17H,3,7,9-15,18H2,1H3,(H,25,28). The number of ether oxygens (including phenoxy) is 2. The van der Waals surface area contributed by atoms with Gasteiger partial charge in [0, 0.05) is 44.8 Å². The zero-order valence-corrected chi connectivity index (χ0v) is 17.7. The quantitative estimate of drug-likeness (QED) is 0.680. The molecule has 0 atom stereocenters. The predicted octanol–water partition coefficient (Wildman–Crippen LogP) is 2.98. The van der Waals surface area contributed by atoms with Crippen LogP contribution in [-0.2, 0) is 11.2 Å². The normalized spacial score (nSPS) is 16.0. The van der Waals surface area contributed by atoms with E-state index in [9.17, 15) is 4.79 Å². The molecule has 0 spiro atoms. The van der Waals surface area contributed by atoms with Crippen molar-refractivity contribution in [3.8, 4) is 11.5 Å². The number of fused-ring (bicyclic) bond motifs is 1. The molecule has 6 nitrogen and oxygen atoms in total. The first-order chi connectivity index (χ1) is 14.7. The number of benzene rings is 2. The van der Waals surface area contributed by atoms with Crippen LogP contribution in [0.5, 0.6) is 11.5 Å². The number of rotatable bonds is 8. The number of hydrogen-bond acceptors (Lipinski definition) is 5. The van der Waals surface area contributed by atoms with E-state index in [-0.39, 0.29) is 12.7 Å². The van der Waals surface area contributed by atoms with Crippen LogP contribution in [0.4, 0.5) is 5.69 Å². The van der Waals surface area contributed by atoms with Crippen molar-refractivity contribution < 1.29 is 14.3 Å². The smallest absolute Gasteiger partial charge is 0.231 e. The van der Waals surface area contributed by atoms with Gasteiger partial charge in [0.1, 0.15) is 0 Å². The molecule has 0 radical (unpaired) electrons. The molecule has 2 aliphatic heterocycles. The van der Waals surface area contributed by atoms with Crippen molar-refractivity contribution in [3.05, 3.63) is 53.6 Å². The zero-order chi connectivity index (χ0) is 20.8. The number of carbonyl (C=O) groups is 1. The fourth-order valence-electron chi connectivity index (χ4n) is 4.03. The summed E-state index contributed by atoms with van der Waals surface area (Å²) >= 11 is 0. The number of amides is 1. The minimum atomic E-state index is 0.108. The van der Waals surface area contributed by atoms with Gasteiger partial charge >= 0.3 is 0 Å². The van der Waals surface area contributed by atoms with Gasteiger partial charge in [0.2, 0.25) is 12.7 Å². The highest BCUT2D eigenvalue weighted by atomic mass is 16.7. The predicted molar refractivity (Wildman–Crippen MR) is 118 cm³/mol. The summed E-state index contributed by atoms with van der Waals surface area (Å²) in [6, 6.07) is 14.6. The second-order valence-corrected chi connectivity index (χ2v) is 8.06. The first-order valence-corrected chi connectivity index (χ1v) is 10.9. The first kappa shape index (κ1) is 20.5. The van der Waals surface area contributed by atoms with Gasteiger partial charge in [0.25, 0.3) is 0 Å². The number of aryl methyl sites for hydroxylation is 2. The summed E-state index contributed by atoms with van der Waals surface area (Å²) in [4.78, 5) is 17.1. The summed E-state index contributed by atoms with van der Waals surface area (Å²) in [7, 11) is 0. The summed E-state index contributed by atoms with van der Waals surface area (Å²) in [6.07, 6.45) is 2.19. The Labute approximate surface area is 178 Å². The van der Waals surface area contributed by atoms with E-state index in [1.54, 1.807) is 0 Å². The van der Waals surface area contributed by atoms with Gasteiger partial charge in [0.15, 0.2) is 11.5 Å². The van der Waals surface area contributed by atoms with E-state index in [2.05, 4.69) is 46.3 Å². The SMILES string of the molecule is Cc1cccc(N2CCN(CCCNC(=O)CCc3ccc4c(c3)OCO4)CC2)c1. The number of hydrogen-bond donors (Lipinski definition) is 1. The van der Waals surface area contributed by atoms with E-state index in [0.29, 0.717) is 12.8 Å². The Morgan fingerprint density at radius 3 is 2.70 bits per heavy atom. The fourth-order valence-corrected chi connectivity index (χ4v) is 4.03. The van der Waals surface area contributed by atoms with E-state index in [1.807, 2.05) is 18.2 Å². The largest absolute Gasteiger partial charge is 0.454 e. The molecule has 2 aromatic carbocycles. The molecule has 0 unspecified atom stereocenters. The topological polar surface area (TPSA) is 54.0 Å². The third kappa shape index (κ3) is 5.45. The lowest BCUT2D eigenvalue weighted by Gasteiger charge is -2.36. The molecule has 30 heavy (non-hydrogen) atoms. The van der Waals surface area contributed by atoms with Crippen LogP contribution in [-0.4, -0.2) is 56.9 Å². The van der Waals surface area contributed by atoms with Crippen molar-refractivity contribution in [2.75, 3.05) is 51.0 Å². The number of anilines is 1. The Morgan fingerprint density at radius 1 is 1.03 bits per heavy atom. The van der Waals surface area contributed by atoms with Gasteiger partial charge in [-0.05, 0) is 61.7 Å². The van der Waals surface area contributed by atoms with Gasteiger partial charge in [0.05, 0.1) is 0 Å². The molecule has 2 aliphatic rings. The molecule has 0 saturated carbocycles. The number of piperazine rings is 1. The lowest BCUT2D eigenvalue weighted by atomic mass is 10.1. The molecule has 1 saturated heterocycles. The second kappa shape index (κ2) is 9.85. The Morgan fingerprint density at radius 2 is 1.87 bits per heavy atom. The lowest BCUT2D eigenvalue weighted by Crippen LogP contribution is -2.47. The van der Waals surface area contributed by atoms with Gasteiger partial charge in [-0.3, -0.25) is 9.69 Å². The molecule has 160 valence electrons. The van der Waals surface area contributed by atoms with Gasteiger partial charge in [-0.1, -0.05) is 18.2 Å². The van der Waals surface area contributed by atoms with Crippen LogP contribution < -0.4 is 19.7 Å². The van der Waals surface area contributed by atoms with Gasteiger partial charge < -0.3 is 19.7 Å². The average molecular weight is 410 g/mol. The number of nitrogens with zero attached hydrogens (tertiary/aromatic N) is 2. The summed E-state index contributed by atoms with van der Waals surface area (Å²) in [5, 5.41) is 3.05. The van der Waals surface area contributed by atoms with Crippen LogP contribution >= 0.6 is 0 Å². The van der Waals surface area contributed by atoms with E-state index >= 15 is 0 Å². The highest BCUT2D eigenvalue weighted by Crippen LogP contribution is 2.32. The van der Waals surface area contributed by atoms with Crippen LogP contribution in [0.25, 0.3) is 0 Å². The average Bonchev–Trinajstić information content (AvgIpc) is 3.24. The maximum absolute atomic E-state index is 12.1. The van der Waals surface area contributed by atoms with Gasteiger partial charge in [-0.2, -0.15) is 0 Å². The van der Waals surface area contributed by atoms with Crippen molar-refractivity contribution in [1.82, 2.24) is 10.2 Å². The summed E-state index contributed by atoms with van der Waals surface area (Å²) < 4.78 is 10.7. The molecule has 0 aromatic heterocycles. The summed E-state index contributed by atoms with van der Waals surface area (Å²) in [6.45, 7) is 8.46. The van der Waals surface area contributed by atoms with Crippen molar-refractivity contribution in [2.45, 2.75) is 26.2 Å². The Bertz CT molecular complexity index is 863. The molecule has 1 amide bonds. The van der Waals surface area contributed by atoms with E-state index in [0.717, 1.165) is 62.8 Å². The summed E-state index contributed by atoms with van der Waals surface area (Å²) in [5.41, 5.74) is 3.73. The van der Waals surface area contributed by atoms with Crippen molar-refractivity contribution in [2.24, 2.45) is 0 Å². The van der Waals surface area contributed by atoms with Crippen LogP contribution in [0.15, 0.2) is 42.5 Å². The molecule has 1 N–H and O–H groups in total. The molecular weight excluding hydrogens is 378 g/mol. The molecule has 4 rings (SSSR count). The number of nitrogens with one attached hydrogen (secondary N) is 1. The van der Waals surface area contributed by atoms with Crippen LogP contribution in [0, 0.1) is 6.92 Å². The maximum atomic E-state index is 12.1. The van der Waals surface area contributed by atoms with Crippen LogP contribution in [0.1, 0.15) is 24.0 Å². The Kier molecular flexibility index (Phi) is 6.74. The molecule has 0 bridgehead atoms. The third-order valence-corrected chi connectivity index (χ3v) is 5.79. The zero-order valence-electron chi connectivity index (χ0n) is 17.7. The third-order valence-electron chi connectivity index (χ3n) is 5.79. The van der Waals surface area contributed by atoms with E-state index < -0.39 is 0 Å². The highest BCUT2D eigenvalue weighted by Gasteiger charge is 2.17. The highest BCUT2D eigenvalue weighted by molar-refractivity contribution is 5.76. The molecule has 2 heterocycles. The van der Waals surface area contributed by atoms with Crippen LogP contribution in [0.3, 0.4) is 0 Å². The van der Waals surface area contributed by atoms with Crippen LogP contribution in [0.2, 0.25) is 0 Å². The monoisotopic (exact) mass is 409 g/mol. The minimum absolute atomic E-state index is 0.108. The first-order valence-electron chi connectivity index (χ1n) is 10.9. The molecule has 2 aromatic rings. The number of carbonyl (C=O) groups excluding carboxylic acids is 1.